The summed E-state index contributed by atoms with van der Waals surface area (Å²) in [4.78, 5) is 2.43. The molecule has 2 aromatic rings. The normalized spacial score (nSPS) is 22.0. The molecule has 2 aliphatic rings. The van der Waals surface area contributed by atoms with Crippen molar-refractivity contribution in [3.8, 4) is 0 Å². The molecular weight excluding hydrogens is 272 g/mol. The van der Waals surface area contributed by atoms with E-state index in [-0.39, 0.29) is 0 Å². The van der Waals surface area contributed by atoms with Gasteiger partial charge in [-0.3, -0.25) is 0 Å². The van der Waals surface area contributed by atoms with Crippen LogP contribution in [0, 0.1) is 0 Å². The second-order valence-corrected chi connectivity index (χ2v) is 5.98. The van der Waals surface area contributed by atoms with Gasteiger partial charge in [0, 0.05) is 35.6 Å². The van der Waals surface area contributed by atoms with Gasteiger partial charge < -0.3 is 15.3 Å². The maximum Gasteiger partial charge on any atom is 0.151 e. The van der Waals surface area contributed by atoms with Gasteiger partial charge in [-0.05, 0) is 42.7 Å². The lowest BCUT2D eigenvalue weighted by Crippen LogP contribution is -2.17. The zero-order chi connectivity index (χ0) is 14.9. The summed E-state index contributed by atoms with van der Waals surface area (Å²) in [5.41, 5.74) is 5.43. The molecule has 2 N–H and O–H groups in total. The molecule has 0 aromatic heterocycles. The Morgan fingerprint density at radius 1 is 1.00 bits per heavy atom. The van der Waals surface area contributed by atoms with Gasteiger partial charge >= 0.3 is 0 Å². The van der Waals surface area contributed by atoms with Crippen molar-refractivity contribution in [2.45, 2.75) is 19.1 Å². The lowest BCUT2D eigenvalue weighted by molar-refractivity contribution is 0.266. The highest BCUT2D eigenvalue weighted by Crippen LogP contribution is 2.35. The first-order valence-corrected chi connectivity index (χ1v) is 7.92. The Kier molecular flexibility index (Phi) is 3.35. The number of aliphatic hydroxyl groups is 1. The number of hydrogen-bond acceptors (Lipinski definition) is 3. The lowest BCUT2D eigenvalue weighted by atomic mass is 10.0. The van der Waals surface area contributed by atoms with Crippen LogP contribution in [-0.4, -0.2) is 24.4 Å². The molecule has 3 heteroatoms. The third-order valence-electron chi connectivity index (χ3n) is 4.51. The Bertz CT molecular complexity index is 700. The summed E-state index contributed by atoms with van der Waals surface area (Å²) < 4.78 is 0. The summed E-state index contributed by atoms with van der Waals surface area (Å²) in [5, 5.41) is 13.3. The summed E-state index contributed by atoms with van der Waals surface area (Å²) in [7, 11) is 0. The fourth-order valence-electron chi connectivity index (χ4n) is 3.33. The average molecular weight is 292 g/mol. The Hall–Kier alpha value is -2.26. The largest absolute Gasteiger partial charge is 0.372 e. The van der Waals surface area contributed by atoms with Crippen LogP contribution < -0.4 is 10.2 Å². The number of aliphatic hydroxyl groups excluding tert-OH is 1. The molecule has 1 fully saturated rings. The molecule has 112 valence electrons. The van der Waals surface area contributed by atoms with Gasteiger partial charge in [0.2, 0.25) is 0 Å². The highest BCUT2D eigenvalue weighted by molar-refractivity contribution is 5.94. The van der Waals surface area contributed by atoms with E-state index in [2.05, 4.69) is 40.6 Å². The maximum atomic E-state index is 10.2. The van der Waals surface area contributed by atoms with Crippen molar-refractivity contribution >= 4 is 23.0 Å². The lowest BCUT2D eigenvalue weighted by Gasteiger charge is -2.17. The predicted molar refractivity (Wildman–Crippen MR) is 91.8 cm³/mol. The minimum Gasteiger partial charge on any atom is -0.372 e. The van der Waals surface area contributed by atoms with Crippen molar-refractivity contribution in [3.05, 3.63) is 59.7 Å². The maximum absolute atomic E-state index is 10.2. The first-order valence-electron chi connectivity index (χ1n) is 7.92. The second kappa shape index (κ2) is 5.50. The summed E-state index contributed by atoms with van der Waals surface area (Å²) in [5.74, 6) is 0. The van der Waals surface area contributed by atoms with Crippen LogP contribution in [0.5, 0.6) is 0 Å². The van der Waals surface area contributed by atoms with Crippen LogP contribution in [0.3, 0.4) is 0 Å². The molecule has 2 aromatic carbocycles. The van der Waals surface area contributed by atoms with Gasteiger partial charge in [0.1, 0.15) is 0 Å². The minimum absolute atomic E-state index is 0.629. The van der Waals surface area contributed by atoms with Gasteiger partial charge in [-0.25, -0.2) is 0 Å². The molecule has 3 nitrogen and oxygen atoms in total. The summed E-state index contributed by atoms with van der Waals surface area (Å²) in [6.45, 7) is 2.33. The SMILES string of the molecule is OC1Nc2ccccc2/C1=C/c1ccc(N2CCCC2)cc1. The number of nitrogens with zero attached hydrogens (tertiary/aromatic N) is 1. The van der Waals surface area contributed by atoms with Crippen molar-refractivity contribution in [3.63, 3.8) is 0 Å². The molecule has 0 saturated carbocycles. The summed E-state index contributed by atoms with van der Waals surface area (Å²) in [6, 6.07) is 16.6. The quantitative estimate of drug-likeness (QED) is 0.888. The monoisotopic (exact) mass is 292 g/mol. The topological polar surface area (TPSA) is 35.5 Å². The van der Waals surface area contributed by atoms with Crippen molar-refractivity contribution in [1.82, 2.24) is 0 Å². The molecular formula is C19H20N2O. The van der Waals surface area contributed by atoms with Gasteiger partial charge in [0.05, 0.1) is 0 Å². The Balaban J connectivity index is 1.62. The second-order valence-electron chi connectivity index (χ2n) is 5.98. The highest BCUT2D eigenvalue weighted by atomic mass is 16.3. The van der Waals surface area contributed by atoms with E-state index in [1.54, 1.807) is 0 Å². The first-order chi connectivity index (χ1) is 10.8. The van der Waals surface area contributed by atoms with Crippen LogP contribution in [0.25, 0.3) is 11.6 Å². The molecule has 0 spiro atoms. The van der Waals surface area contributed by atoms with E-state index in [1.165, 1.54) is 18.5 Å². The van der Waals surface area contributed by atoms with E-state index in [9.17, 15) is 5.11 Å². The third-order valence-corrected chi connectivity index (χ3v) is 4.51. The molecule has 1 unspecified atom stereocenters. The fraction of sp³-hybridized carbons (Fsp3) is 0.263. The smallest absolute Gasteiger partial charge is 0.151 e. The Morgan fingerprint density at radius 2 is 1.73 bits per heavy atom. The Labute approximate surface area is 130 Å². The van der Waals surface area contributed by atoms with Gasteiger partial charge in [-0.15, -0.1) is 0 Å². The van der Waals surface area contributed by atoms with Crippen LogP contribution in [0.1, 0.15) is 24.0 Å². The van der Waals surface area contributed by atoms with Crippen LogP contribution in [0.2, 0.25) is 0 Å². The number of benzene rings is 2. The molecule has 1 saturated heterocycles. The predicted octanol–water partition coefficient (Wildman–Crippen LogP) is 3.57. The average Bonchev–Trinajstić information content (AvgIpc) is 3.17. The molecule has 4 rings (SSSR count). The van der Waals surface area contributed by atoms with Crippen molar-refractivity contribution in [1.29, 1.82) is 0 Å². The van der Waals surface area contributed by atoms with Gasteiger partial charge in [0.25, 0.3) is 0 Å². The zero-order valence-corrected chi connectivity index (χ0v) is 12.5. The minimum atomic E-state index is -0.629. The third kappa shape index (κ3) is 2.38. The number of nitrogens with one attached hydrogen (secondary N) is 1. The van der Waals surface area contributed by atoms with Gasteiger partial charge in [-0.2, -0.15) is 0 Å². The molecule has 2 heterocycles. The van der Waals surface area contributed by atoms with Crippen molar-refractivity contribution in [2.75, 3.05) is 23.3 Å². The molecule has 0 amide bonds. The highest BCUT2D eigenvalue weighted by Gasteiger charge is 2.23. The number of hydrogen-bond donors (Lipinski definition) is 2. The van der Waals surface area contributed by atoms with Crippen molar-refractivity contribution in [2.24, 2.45) is 0 Å². The van der Waals surface area contributed by atoms with Crippen LogP contribution in [0.15, 0.2) is 48.5 Å². The van der Waals surface area contributed by atoms with E-state index in [4.69, 9.17) is 0 Å². The van der Waals surface area contributed by atoms with Gasteiger partial charge in [-0.1, -0.05) is 30.3 Å². The molecule has 0 aliphatic carbocycles. The van der Waals surface area contributed by atoms with Crippen molar-refractivity contribution < 1.29 is 5.11 Å². The van der Waals surface area contributed by atoms with E-state index < -0.39 is 6.23 Å². The number of anilines is 2. The van der Waals surface area contributed by atoms with Crippen LogP contribution in [-0.2, 0) is 0 Å². The number of fused-ring (bicyclic) bond motifs is 1. The van der Waals surface area contributed by atoms with Crippen LogP contribution in [0.4, 0.5) is 11.4 Å². The molecule has 2 aliphatic heterocycles. The van der Waals surface area contributed by atoms with Crippen LogP contribution >= 0.6 is 0 Å². The molecule has 1 atom stereocenters. The fourth-order valence-corrected chi connectivity index (χ4v) is 3.33. The van der Waals surface area contributed by atoms with E-state index in [0.29, 0.717) is 0 Å². The molecule has 0 radical (unpaired) electrons. The number of para-hydroxylation sites is 1. The number of rotatable bonds is 2. The molecule has 0 bridgehead atoms. The van der Waals surface area contributed by atoms with Gasteiger partial charge in [0.15, 0.2) is 6.23 Å². The summed E-state index contributed by atoms with van der Waals surface area (Å²) >= 11 is 0. The van der Waals surface area contributed by atoms with E-state index in [1.807, 2.05) is 24.3 Å². The Morgan fingerprint density at radius 3 is 2.50 bits per heavy atom. The van der Waals surface area contributed by atoms with E-state index in [0.717, 1.165) is 35.5 Å². The standard InChI is InChI=1S/C19H20N2O/c22-19-17(16-5-1-2-6-18(16)20-19)13-14-7-9-15(10-8-14)21-11-3-4-12-21/h1-2,5-10,13,19-20,22H,3-4,11-12H2/b17-13-. The molecule has 22 heavy (non-hydrogen) atoms. The zero-order valence-electron chi connectivity index (χ0n) is 12.5. The summed E-state index contributed by atoms with van der Waals surface area (Å²) in [6.07, 6.45) is 4.02. The first kappa shape index (κ1) is 13.4. The van der Waals surface area contributed by atoms with E-state index >= 15 is 0 Å².